The van der Waals surface area contributed by atoms with E-state index in [1.54, 1.807) is 7.11 Å². The lowest BCUT2D eigenvalue weighted by atomic mass is 9.82. The van der Waals surface area contributed by atoms with Crippen LogP contribution in [0.5, 0.6) is 11.5 Å². The topological polar surface area (TPSA) is 44.5 Å². The zero-order valence-corrected chi connectivity index (χ0v) is 13.1. The molecule has 1 saturated carbocycles. The number of rotatable bonds is 4. The predicted octanol–water partition coefficient (Wildman–Crippen LogP) is 3.92. The minimum atomic E-state index is 0.00711. The van der Waals surface area contributed by atoms with E-state index in [0.717, 1.165) is 41.7 Å². The number of hydrogen-bond acceptors (Lipinski definition) is 3. The van der Waals surface area contributed by atoms with Crippen molar-refractivity contribution < 1.29 is 9.47 Å². The third-order valence-corrected chi connectivity index (χ3v) is 4.14. The first-order valence-electron chi connectivity index (χ1n) is 7.59. The van der Waals surface area contributed by atoms with Crippen LogP contribution >= 0.6 is 0 Å². The SMILES string of the molecule is COc1cc([C@@H](C)N)ccc1OC1CC(C)CC(C)C1. The van der Waals surface area contributed by atoms with E-state index in [1.165, 1.54) is 6.42 Å². The molecule has 0 aliphatic heterocycles. The second-order valence-electron chi connectivity index (χ2n) is 6.36. The quantitative estimate of drug-likeness (QED) is 0.907. The van der Waals surface area contributed by atoms with E-state index in [4.69, 9.17) is 15.2 Å². The molecule has 20 heavy (non-hydrogen) atoms. The second kappa shape index (κ2) is 6.49. The van der Waals surface area contributed by atoms with Gasteiger partial charge in [0, 0.05) is 6.04 Å². The molecule has 1 aromatic rings. The molecule has 1 aromatic carbocycles. The largest absolute Gasteiger partial charge is 0.493 e. The van der Waals surface area contributed by atoms with Crippen molar-refractivity contribution in [2.24, 2.45) is 17.6 Å². The molecule has 0 radical (unpaired) electrons. The molecule has 3 nitrogen and oxygen atoms in total. The Balaban J connectivity index is 2.12. The third-order valence-electron chi connectivity index (χ3n) is 4.14. The van der Waals surface area contributed by atoms with Gasteiger partial charge < -0.3 is 15.2 Å². The first-order chi connectivity index (χ1) is 9.49. The molecule has 0 saturated heterocycles. The van der Waals surface area contributed by atoms with E-state index < -0.39 is 0 Å². The van der Waals surface area contributed by atoms with Gasteiger partial charge in [-0.15, -0.1) is 0 Å². The zero-order chi connectivity index (χ0) is 14.7. The minimum absolute atomic E-state index is 0.00711. The highest BCUT2D eigenvalue weighted by Crippen LogP contribution is 2.35. The fourth-order valence-corrected chi connectivity index (χ4v) is 3.21. The van der Waals surface area contributed by atoms with E-state index in [2.05, 4.69) is 13.8 Å². The van der Waals surface area contributed by atoms with Gasteiger partial charge in [-0.3, -0.25) is 0 Å². The summed E-state index contributed by atoms with van der Waals surface area (Å²) in [5.74, 6) is 3.09. The van der Waals surface area contributed by atoms with Crippen molar-refractivity contribution >= 4 is 0 Å². The van der Waals surface area contributed by atoms with E-state index >= 15 is 0 Å². The first-order valence-corrected chi connectivity index (χ1v) is 7.59. The molecule has 112 valence electrons. The van der Waals surface area contributed by atoms with Crippen molar-refractivity contribution in [3.63, 3.8) is 0 Å². The molecule has 1 aliphatic carbocycles. The lowest BCUT2D eigenvalue weighted by Crippen LogP contribution is -2.28. The third kappa shape index (κ3) is 3.66. The van der Waals surface area contributed by atoms with Crippen LogP contribution in [-0.4, -0.2) is 13.2 Å². The van der Waals surface area contributed by atoms with Gasteiger partial charge in [-0.1, -0.05) is 19.9 Å². The summed E-state index contributed by atoms with van der Waals surface area (Å²) < 4.78 is 11.6. The Hall–Kier alpha value is -1.22. The average Bonchev–Trinajstić information content (AvgIpc) is 2.37. The van der Waals surface area contributed by atoms with Crippen LogP contribution in [0.1, 0.15) is 51.6 Å². The molecule has 0 spiro atoms. The van der Waals surface area contributed by atoms with Gasteiger partial charge in [-0.2, -0.15) is 0 Å². The summed E-state index contributed by atoms with van der Waals surface area (Å²) >= 11 is 0. The smallest absolute Gasteiger partial charge is 0.161 e. The van der Waals surface area contributed by atoms with Crippen LogP contribution in [0, 0.1) is 11.8 Å². The maximum absolute atomic E-state index is 6.19. The fraction of sp³-hybridized carbons (Fsp3) is 0.647. The number of ether oxygens (including phenoxy) is 2. The Kier molecular flexibility index (Phi) is 4.92. The molecule has 0 aromatic heterocycles. The zero-order valence-electron chi connectivity index (χ0n) is 13.1. The van der Waals surface area contributed by atoms with Crippen molar-refractivity contribution in [1.82, 2.24) is 0 Å². The second-order valence-corrected chi connectivity index (χ2v) is 6.36. The Morgan fingerprint density at radius 1 is 1.10 bits per heavy atom. The summed E-state index contributed by atoms with van der Waals surface area (Å²) in [6, 6.07) is 6.00. The molecule has 3 heteroatoms. The van der Waals surface area contributed by atoms with Gasteiger partial charge in [0.25, 0.3) is 0 Å². The molecular formula is C17H27NO2. The van der Waals surface area contributed by atoms with Crippen LogP contribution in [-0.2, 0) is 0 Å². The van der Waals surface area contributed by atoms with Gasteiger partial charge in [0.15, 0.2) is 11.5 Å². The van der Waals surface area contributed by atoms with Gasteiger partial charge in [-0.05, 0) is 55.7 Å². The summed E-state index contributed by atoms with van der Waals surface area (Å²) in [5.41, 5.74) is 6.98. The van der Waals surface area contributed by atoms with Crippen LogP contribution in [0.15, 0.2) is 18.2 Å². The standard InChI is InChI=1S/C17H27NO2/c1-11-7-12(2)9-15(8-11)20-16-6-5-14(13(3)18)10-17(16)19-4/h5-6,10-13,15H,7-9,18H2,1-4H3/t11?,12?,13-,15?/m1/s1. The van der Waals surface area contributed by atoms with Crippen LogP contribution in [0.4, 0.5) is 0 Å². The van der Waals surface area contributed by atoms with E-state index in [9.17, 15) is 0 Å². The molecule has 2 N–H and O–H groups in total. The normalized spacial score (nSPS) is 27.9. The molecule has 0 heterocycles. The average molecular weight is 277 g/mol. The van der Waals surface area contributed by atoms with Crippen LogP contribution in [0.25, 0.3) is 0 Å². The van der Waals surface area contributed by atoms with Crippen LogP contribution < -0.4 is 15.2 Å². The molecular weight excluding hydrogens is 250 g/mol. The van der Waals surface area contributed by atoms with Crippen molar-refractivity contribution in [1.29, 1.82) is 0 Å². The van der Waals surface area contributed by atoms with Crippen molar-refractivity contribution in [2.45, 2.75) is 52.2 Å². The van der Waals surface area contributed by atoms with E-state index in [1.807, 2.05) is 25.1 Å². The highest BCUT2D eigenvalue weighted by Gasteiger charge is 2.26. The summed E-state index contributed by atoms with van der Waals surface area (Å²) in [5, 5.41) is 0. The lowest BCUT2D eigenvalue weighted by molar-refractivity contribution is 0.0979. The van der Waals surface area contributed by atoms with E-state index in [-0.39, 0.29) is 6.04 Å². The first kappa shape index (κ1) is 15.2. The maximum Gasteiger partial charge on any atom is 0.161 e. The highest BCUT2D eigenvalue weighted by atomic mass is 16.5. The molecule has 1 fully saturated rings. The molecule has 1 aliphatic rings. The molecule has 0 amide bonds. The molecule has 0 bridgehead atoms. The highest BCUT2D eigenvalue weighted by molar-refractivity contribution is 5.43. The number of benzene rings is 1. The van der Waals surface area contributed by atoms with Gasteiger partial charge in [0.2, 0.25) is 0 Å². The molecule has 2 rings (SSSR count). The number of hydrogen-bond donors (Lipinski definition) is 1. The van der Waals surface area contributed by atoms with Crippen molar-refractivity contribution in [3.05, 3.63) is 23.8 Å². The minimum Gasteiger partial charge on any atom is -0.493 e. The maximum atomic E-state index is 6.19. The Morgan fingerprint density at radius 3 is 2.30 bits per heavy atom. The monoisotopic (exact) mass is 277 g/mol. The summed E-state index contributed by atoms with van der Waals surface area (Å²) in [6.07, 6.45) is 3.86. The lowest BCUT2D eigenvalue weighted by Gasteiger charge is -2.32. The van der Waals surface area contributed by atoms with Gasteiger partial charge >= 0.3 is 0 Å². The summed E-state index contributed by atoms with van der Waals surface area (Å²) in [4.78, 5) is 0. The fourth-order valence-electron chi connectivity index (χ4n) is 3.21. The summed E-state index contributed by atoms with van der Waals surface area (Å²) in [7, 11) is 1.68. The number of nitrogens with two attached hydrogens (primary N) is 1. The molecule has 2 unspecified atom stereocenters. The van der Waals surface area contributed by atoms with E-state index in [0.29, 0.717) is 6.10 Å². The van der Waals surface area contributed by atoms with Crippen molar-refractivity contribution in [2.75, 3.05) is 7.11 Å². The Labute approximate surface area is 122 Å². The Bertz CT molecular complexity index is 435. The van der Waals surface area contributed by atoms with Crippen LogP contribution in [0.2, 0.25) is 0 Å². The summed E-state index contributed by atoms with van der Waals surface area (Å²) in [6.45, 7) is 6.59. The van der Waals surface area contributed by atoms with Crippen molar-refractivity contribution in [3.8, 4) is 11.5 Å². The van der Waals surface area contributed by atoms with Crippen LogP contribution in [0.3, 0.4) is 0 Å². The van der Waals surface area contributed by atoms with Gasteiger partial charge in [0.05, 0.1) is 13.2 Å². The van der Waals surface area contributed by atoms with Gasteiger partial charge in [-0.25, -0.2) is 0 Å². The number of methoxy groups -OCH3 is 1. The van der Waals surface area contributed by atoms with Gasteiger partial charge in [0.1, 0.15) is 0 Å². The Morgan fingerprint density at radius 2 is 1.75 bits per heavy atom. The predicted molar refractivity (Wildman–Crippen MR) is 82.2 cm³/mol. The molecule has 3 atom stereocenters.